The van der Waals surface area contributed by atoms with E-state index in [4.69, 9.17) is 9.72 Å². The van der Waals surface area contributed by atoms with Crippen molar-refractivity contribution in [3.63, 3.8) is 0 Å². The normalized spacial score (nSPS) is 19.7. The first-order chi connectivity index (χ1) is 16.1. The molecule has 0 bridgehead atoms. The number of nitrogens with zero attached hydrogens (tertiary/aromatic N) is 1. The Morgan fingerprint density at radius 2 is 1.85 bits per heavy atom. The molecule has 2 amide bonds. The highest BCUT2D eigenvalue weighted by Gasteiger charge is 2.32. The van der Waals surface area contributed by atoms with E-state index in [0.29, 0.717) is 17.9 Å². The standard InChI is InChI=1S/C26H35N5O3/c1-15-9-8-10-17(13-15)28-23-21-18(14-27-24(21)32)16(2)22(31-23)29-19-11-6-7-12-20(19)30-25(33)34-26(3,4)5/h8-10,13,19-20H,6-7,11-12,14H2,1-5H3,(H,27,32)(H,30,33)(H2,28,29,31)/t19-,20?/m1/s1. The zero-order valence-corrected chi connectivity index (χ0v) is 20.7. The average Bonchev–Trinajstić information content (AvgIpc) is 3.13. The second-order valence-electron chi connectivity index (χ2n) is 10.3. The largest absolute Gasteiger partial charge is 0.444 e. The lowest BCUT2D eigenvalue weighted by molar-refractivity contribution is 0.0488. The van der Waals surface area contributed by atoms with E-state index in [1.807, 2.05) is 58.9 Å². The molecule has 1 fully saturated rings. The molecule has 1 aliphatic carbocycles. The zero-order chi connectivity index (χ0) is 24.5. The topological polar surface area (TPSA) is 104 Å². The maximum Gasteiger partial charge on any atom is 0.407 e. The Hall–Kier alpha value is -3.29. The molecule has 2 atom stereocenters. The third-order valence-electron chi connectivity index (χ3n) is 6.29. The maximum atomic E-state index is 12.6. The molecule has 2 aromatic rings. The summed E-state index contributed by atoms with van der Waals surface area (Å²) in [5.74, 6) is 1.15. The number of carbonyl (C=O) groups excluding carboxylic acids is 2. The molecule has 4 N–H and O–H groups in total. The number of aromatic nitrogens is 1. The highest BCUT2D eigenvalue weighted by molar-refractivity contribution is 6.04. The fourth-order valence-corrected chi connectivity index (χ4v) is 4.65. The number of nitrogens with one attached hydrogen (secondary N) is 4. The number of ether oxygens (including phenoxy) is 1. The summed E-state index contributed by atoms with van der Waals surface area (Å²) in [6.07, 6.45) is 3.50. The molecule has 8 nitrogen and oxygen atoms in total. The van der Waals surface area contributed by atoms with Gasteiger partial charge in [-0.25, -0.2) is 9.78 Å². The van der Waals surface area contributed by atoms with Gasteiger partial charge >= 0.3 is 6.09 Å². The Morgan fingerprint density at radius 3 is 2.56 bits per heavy atom. The van der Waals surface area contributed by atoms with Crippen molar-refractivity contribution in [1.82, 2.24) is 15.6 Å². The lowest BCUT2D eigenvalue weighted by atomic mass is 9.90. The molecular formula is C26H35N5O3. The summed E-state index contributed by atoms with van der Waals surface area (Å²) in [7, 11) is 0. The summed E-state index contributed by atoms with van der Waals surface area (Å²) in [5, 5.41) is 12.9. The van der Waals surface area contributed by atoms with Gasteiger partial charge in [-0.3, -0.25) is 4.79 Å². The molecule has 1 unspecified atom stereocenters. The van der Waals surface area contributed by atoms with Crippen molar-refractivity contribution >= 4 is 29.3 Å². The number of pyridine rings is 1. The van der Waals surface area contributed by atoms with Crippen molar-refractivity contribution in [3.05, 3.63) is 46.5 Å². The van der Waals surface area contributed by atoms with Gasteiger partial charge in [-0.05, 0) is 76.3 Å². The van der Waals surface area contributed by atoms with Crippen molar-refractivity contribution in [2.45, 2.75) is 84.5 Å². The predicted octanol–water partition coefficient (Wildman–Crippen LogP) is 4.93. The van der Waals surface area contributed by atoms with Gasteiger partial charge in [0.05, 0.1) is 11.6 Å². The van der Waals surface area contributed by atoms with Crippen molar-refractivity contribution in [1.29, 1.82) is 0 Å². The summed E-state index contributed by atoms with van der Waals surface area (Å²) >= 11 is 0. The van der Waals surface area contributed by atoms with Crippen molar-refractivity contribution in [3.8, 4) is 0 Å². The van der Waals surface area contributed by atoms with Crippen LogP contribution in [0.2, 0.25) is 0 Å². The Balaban J connectivity index is 1.60. The van der Waals surface area contributed by atoms with Crippen LogP contribution < -0.4 is 21.3 Å². The minimum absolute atomic E-state index is 0.0161. The molecule has 182 valence electrons. The van der Waals surface area contributed by atoms with Crippen LogP contribution in [0.3, 0.4) is 0 Å². The molecule has 1 aromatic heterocycles. The molecule has 2 heterocycles. The van der Waals surface area contributed by atoms with Crippen LogP contribution in [0.15, 0.2) is 24.3 Å². The molecule has 0 saturated heterocycles. The van der Waals surface area contributed by atoms with E-state index in [1.54, 1.807) is 0 Å². The van der Waals surface area contributed by atoms with Gasteiger partial charge in [-0.2, -0.15) is 0 Å². The van der Waals surface area contributed by atoms with Gasteiger partial charge in [0.2, 0.25) is 0 Å². The third-order valence-corrected chi connectivity index (χ3v) is 6.29. The second-order valence-corrected chi connectivity index (χ2v) is 10.3. The molecule has 1 saturated carbocycles. The van der Waals surface area contributed by atoms with E-state index in [2.05, 4.69) is 21.3 Å². The van der Waals surface area contributed by atoms with E-state index in [-0.39, 0.29) is 18.0 Å². The Kier molecular flexibility index (Phi) is 6.68. The monoisotopic (exact) mass is 465 g/mol. The molecular weight excluding hydrogens is 430 g/mol. The van der Waals surface area contributed by atoms with Gasteiger partial charge < -0.3 is 26.0 Å². The summed E-state index contributed by atoms with van der Waals surface area (Å²) in [6.45, 7) is 10.1. The molecule has 2 aliphatic rings. The van der Waals surface area contributed by atoms with Gasteiger partial charge in [0.25, 0.3) is 5.91 Å². The number of rotatable bonds is 5. The van der Waals surface area contributed by atoms with Crippen LogP contribution in [0.4, 0.5) is 22.1 Å². The number of alkyl carbamates (subject to hydrolysis) is 1. The summed E-state index contributed by atoms with van der Waals surface area (Å²) in [6, 6.07) is 7.94. The molecule has 4 rings (SSSR count). The van der Waals surface area contributed by atoms with Crippen LogP contribution >= 0.6 is 0 Å². The highest BCUT2D eigenvalue weighted by Crippen LogP contribution is 2.33. The number of amides is 2. The Labute approximate surface area is 201 Å². The minimum Gasteiger partial charge on any atom is -0.444 e. The van der Waals surface area contributed by atoms with Crippen LogP contribution in [-0.2, 0) is 11.3 Å². The van der Waals surface area contributed by atoms with Crippen LogP contribution in [0.25, 0.3) is 0 Å². The molecule has 0 spiro atoms. The lowest BCUT2D eigenvalue weighted by Gasteiger charge is -2.34. The van der Waals surface area contributed by atoms with Gasteiger partial charge in [0.15, 0.2) is 0 Å². The summed E-state index contributed by atoms with van der Waals surface area (Å²) in [5.41, 5.74) is 3.95. The SMILES string of the molecule is Cc1cccc(Nc2nc(N[C@@H]3CCCCC3NC(=O)OC(C)(C)C)c(C)c3c2C(=O)NC3)c1. The number of carbonyl (C=O) groups is 2. The van der Waals surface area contributed by atoms with E-state index >= 15 is 0 Å². The van der Waals surface area contributed by atoms with Gasteiger partial charge in [-0.1, -0.05) is 25.0 Å². The highest BCUT2D eigenvalue weighted by atomic mass is 16.6. The number of aryl methyl sites for hydroxylation is 1. The first-order valence-electron chi connectivity index (χ1n) is 12.0. The van der Waals surface area contributed by atoms with Crippen LogP contribution in [0.5, 0.6) is 0 Å². The second kappa shape index (κ2) is 9.52. The molecule has 0 radical (unpaired) electrons. The average molecular weight is 466 g/mol. The van der Waals surface area contributed by atoms with Crippen LogP contribution in [0.1, 0.15) is 73.5 Å². The first kappa shape index (κ1) is 23.9. The van der Waals surface area contributed by atoms with E-state index in [9.17, 15) is 9.59 Å². The maximum absolute atomic E-state index is 12.6. The molecule has 1 aliphatic heterocycles. The number of benzene rings is 1. The van der Waals surface area contributed by atoms with Crippen molar-refractivity contribution < 1.29 is 14.3 Å². The number of fused-ring (bicyclic) bond motifs is 1. The zero-order valence-electron chi connectivity index (χ0n) is 20.7. The van der Waals surface area contributed by atoms with Gasteiger partial charge in [-0.15, -0.1) is 0 Å². The lowest BCUT2D eigenvalue weighted by Crippen LogP contribution is -2.50. The first-order valence-corrected chi connectivity index (χ1v) is 12.0. The van der Waals surface area contributed by atoms with E-state index in [0.717, 1.165) is 53.9 Å². The van der Waals surface area contributed by atoms with Crippen LogP contribution in [0, 0.1) is 13.8 Å². The fourth-order valence-electron chi connectivity index (χ4n) is 4.65. The van der Waals surface area contributed by atoms with E-state index < -0.39 is 11.7 Å². The number of hydrogen-bond donors (Lipinski definition) is 4. The smallest absolute Gasteiger partial charge is 0.407 e. The molecule has 1 aromatic carbocycles. The predicted molar refractivity (Wildman–Crippen MR) is 134 cm³/mol. The molecule has 34 heavy (non-hydrogen) atoms. The number of hydrogen-bond acceptors (Lipinski definition) is 6. The fraction of sp³-hybridized carbons (Fsp3) is 0.500. The van der Waals surface area contributed by atoms with Crippen molar-refractivity contribution in [2.75, 3.05) is 10.6 Å². The Bertz CT molecular complexity index is 1090. The summed E-state index contributed by atoms with van der Waals surface area (Å²) < 4.78 is 5.48. The van der Waals surface area contributed by atoms with E-state index in [1.165, 1.54) is 0 Å². The van der Waals surface area contributed by atoms with Crippen LogP contribution in [-0.4, -0.2) is 34.7 Å². The summed E-state index contributed by atoms with van der Waals surface area (Å²) in [4.78, 5) is 29.9. The Morgan fingerprint density at radius 1 is 1.12 bits per heavy atom. The molecule has 8 heteroatoms. The quantitative estimate of drug-likeness (QED) is 0.499. The van der Waals surface area contributed by atoms with Gasteiger partial charge in [0.1, 0.15) is 17.2 Å². The van der Waals surface area contributed by atoms with Gasteiger partial charge in [0, 0.05) is 18.3 Å². The van der Waals surface area contributed by atoms with Crippen molar-refractivity contribution in [2.24, 2.45) is 0 Å². The number of anilines is 3. The minimum atomic E-state index is -0.546. The third kappa shape index (κ3) is 5.43.